The minimum absolute atomic E-state index is 0.104. The molecule has 0 bridgehead atoms. The number of nitrogens with zero attached hydrogens (tertiary/aromatic N) is 1. The molecule has 1 atom stereocenters. The van der Waals surface area contributed by atoms with Gasteiger partial charge >= 0.3 is 0 Å². The van der Waals surface area contributed by atoms with Gasteiger partial charge in [-0.15, -0.1) is 0 Å². The Kier molecular flexibility index (Phi) is 4.20. The fourth-order valence-corrected chi connectivity index (χ4v) is 2.61. The van der Waals surface area contributed by atoms with Crippen molar-refractivity contribution in [3.63, 3.8) is 0 Å². The molecule has 1 heterocycles. The Morgan fingerprint density at radius 3 is 2.75 bits per heavy atom. The largest absolute Gasteiger partial charge is 0.476 e. The second-order valence-corrected chi connectivity index (χ2v) is 5.65. The molecule has 6 heteroatoms. The Labute approximate surface area is 139 Å². The summed E-state index contributed by atoms with van der Waals surface area (Å²) in [5, 5.41) is 2.67. The lowest BCUT2D eigenvalue weighted by molar-refractivity contribution is -0.123. The molecule has 1 aliphatic heterocycles. The van der Waals surface area contributed by atoms with Crippen molar-refractivity contribution >= 4 is 23.2 Å². The van der Waals surface area contributed by atoms with E-state index in [0.717, 1.165) is 5.56 Å². The van der Waals surface area contributed by atoms with Crippen LogP contribution in [0, 0.1) is 12.7 Å². The molecule has 1 aliphatic rings. The summed E-state index contributed by atoms with van der Waals surface area (Å²) in [6.07, 6.45) is -0.869. The summed E-state index contributed by atoms with van der Waals surface area (Å²) < 4.78 is 19.1. The minimum atomic E-state index is -0.869. The van der Waals surface area contributed by atoms with Crippen LogP contribution in [-0.2, 0) is 9.59 Å². The third-order valence-corrected chi connectivity index (χ3v) is 3.90. The van der Waals surface area contributed by atoms with Crippen LogP contribution in [0.5, 0.6) is 5.75 Å². The monoisotopic (exact) mass is 328 g/mol. The van der Waals surface area contributed by atoms with Gasteiger partial charge in [0.1, 0.15) is 11.6 Å². The fraction of sp³-hybridized carbons (Fsp3) is 0.222. The summed E-state index contributed by atoms with van der Waals surface area (Å²) in [4.78, 5) is 25.9. The predicted octanol–water partition coefficient (Wildman–Crippen LogP) is 2.89. The number of benzene rings is 2. The van der Waals surface area contributed by atoms with E-state index in [0.29, 0.717) is 17.1 Å². The molecule has 0 saturated carbocycles. The SMILES string of the molecule is CC(=O)N1C[C@@H](C(=O)Nc2cc(F)ccc2C)Oc2ccccc21. The number of rotatable bonds is 2. The summed E-state index contributed by atoms with van der Waals surface area (Å²) in [6.45, 7) is 3.31. The molecule has 2 aromatic carbocycles. The highest BCUT2D eigenvalue weighted by molar-refractivity contribution is 5.99. The third-order valence-electron chi connectivity index (χ3n) is 3.90. The molecule has 0 aliphatic carbocycles. The first-order valence-corrected chi connectivity index (χ1v) is 7.56. The van der Waals surface area contributed by atoms with E-state index < -0.39 is 17.8 Å². The van der Waals surface area contributed by atoms with E-state index in [1.807, 2.05) is 0 Å². The Hall–Kier alpha value is -2.89. The van der Waals surface area contributed by atoms with Crippen LogP contribution < -0.4 is 15.0 Å². The molecule has 0 aromatic heterocycles. The molecule has 0 radical (unpaired) electrons. The van der Waals surface area contributed by atoms with Gasteiger partial charge in [-0.2, -0.15) is 0 Å². The zero-order valence-corrected chi connectivity index (χ0v) is 13.4. The van der Waals surface area contributed by atoms with Crippen LogP contribution in [0.2, 0.25) is 0 Å². The van der Waals surface area contributed by atoms with Gasteiger partial charge in [-0.05, 0) is 36.8 Å². The predicted molar refractivity (Wildman–Crippen MR) is 88.7 cm³/mol. The van der Waals surface area contributed by atoms with E-state index in [4.69, 9.17) is 4.74 Å². The highest BCUT2D eigenvalue weighted by Gasteiger charge is 2.32. The van der Waals surface area contributed by atoms with Gasteiger partial charge in [0.25, 0.3) is 5.91 Å². The third kappa shape index (κ3) is 3.08. The van der Waals surface area contributed by atoms with Crippen molar-refractivity contribution in [2.75, 3.05) is 16.8 Å². The van der Waals surface area contributed by atoms with Crippen molar-refractivity contribution in [1.29, 1.82) is 0 Å². The molecule has 0 unspecified atom stereocenters. The molecule has 0 saturated heterocycles. The van der Waals surface area contributed by atoms with Gasteiger partial charge in [-0.1, -0.05) is 18.2 Å². The summed E-state index contributed by atoms with van der Waals surface area (Å²) in [5.74, 6) is -0.568. The van der Waals surface area contributed by atoms with E-state index in [1.54, 1.807) is 37.3 Å². The number of ether oxygens (including phenoxy) is 1. The van der Waals surface area contributed by atoms with Crippen molar-refractivity contribution in [2.45, 2.75) is 20.0 Å². The highest BCUT2D eigenvalue weighted by Crippen LogP contribution is 2.33. The lowest BCUT2D eigenvalue weighted by atomic mass is 10.1. The number of hydrogen-bond donors (Lipinski definition) is 1. The molecule has 0 fully saturated rings. The van der Waals surface area contributed by atoms with Gasteiger partial charge in [0.15, 0.2) is 6.10 Å². The second kappa shape index (κ2) is 6.31. The quantitative estimate of drug-likeness (QED) is 0.922. The maximum absolute atomic E-state index is 13.4. The normalized spacial score (nSPS) is 16.1. The summed E-state index contributed by atoms with van der Waals surface area (Å²) in [5.41, 5.74) is 1.76. The van der Waals surface area contributed by atoms with Gasteiger partial charge in [0, 0.05) is 12.6 Å². The van der Waals surface area contributed by atoms with Crippen LogP contribution in [0.4, 0.5) is 15.8 Å². The molecule has 5 nitrogen and oxygen atoms in total. The van der Waals surface area contributed by atoms with Crippen LogP contribution in [-0.4, -0.2) is 24.5 Å². The number of carbonyl (C=O) groups is 2. The van der Waals surface area contributed by atoms with Crippen molar-refractivity contribution < 1.29 is 18.7 Å². The summed E-state index contributed by atoms with van der Waals surface area (Å²) >= 11 is 0. The van der Waals surface area contributed by atoms with Crippen molar-refractivity contribution in [3.8, 4) is 5.75 Å². The molecule has 24 heavy (non-hydrogen) atoms. The summed E-state index contributed by atoms with van der Waals surface area (Å²) in [6, 6.07) is 11.2. The number of nitrogens with one attached hydrogen (secondary N) is 1. The molecule has 2 aromatic rings. The van der Waals surface area contributed by atoms with Crippen LogP contribution in [0.15, 0.2) is 42.5 Å². The Morgan fingerprint density at radius 2 is 2.00 bits per heavy atom. The number of carbonyl (C=O) groups excluding carboxylic acids is 2. The zero-order valence-electron chi connectivity index (χ0n) is 13.4. The number of hydrogen-bond acceptors (Lipinski definition) is 3. The van der Waals surface area contributed by atoms with Crippen molar-refractivity contribution in [2.24, 2.45) is 0 Å². The van der Waals surface area contributed by atoms with Gasteiger partial charge in [-0.25, -0.2) is 4.39 Å². The number of halogens is 1. The molecular formula is C18H17FN2O3. The zero-order chi connectivity index (χ0) is 17.3. The molecule has 124 valence electrons. The van der Waals surface area contributed by atoms with Crippen LogP contribution in [0.25, 0.3) is 0 Å². The molecule has 1 N–H and O–H groups in total. The molecule has 2 amide bonds. The molecule has 0 spiro atoms. The van der Waals surface area contributed by atoms with E-state index in [2.05, 4.69) is 5.32 Å². The van der Waals surface area contributed by atoms with Crippen LogP contribution >= 0.6 is 0 Å². The molecular weight excluding hydrogens is 311 g/mol. The van der Waals surface area contributed by atoms with E-state index >= 15 is 0 Å². The molecule has 3 rings (SSSR count). The first kappa shape index (κ1) is 16.0. The van der Waals surface area contributed by atoms with Gasteiger partial charge in [-0.3, -0.25) is 9.59 Å². The highest BCUT2D eigenvalue weighted by atomic mass is 19.1. The smallest absolute Gasteiger partial charge is 0.267 e. The minimum Gasteiger partial charge on any atom is -0.476 e. The number of anilines is 2. The van der Waals surface area contributed by atoms with E-state index in [1.165, 1.54) is 24.0 Å². The van der Waals surface area contributed by atoms with Crippen LogP contribution in [0.1, 0.15) is 12.5 Å². The summed E-state index contributed by atoms with van der Waals surface area (Å²) in [7, 11) is 0. The number of aryl methyl sites for hydroxylation is 1. The average Bonchev–Trinajstić information content (AvgIpc) is 2.57. The van der Waals surface area contributed by atoms with E-state index in [9.17, 15) is 14.0 Å². The number of fused-ring (bicyclic) bond motifs is 1. The van der Waals surface area contributed by atoms with Gasteiger partial charge in [0.05, 0.1) is 12.2 Å². The number of amides is 2. The van der Waals surface area contributed by atoms with Crippen molar-refractivity contribution in [3.05, 3.63) is 53.8 Å². The fourth-order valence-electron chi connectivity index (χ4n) is 2.61. The average molecular weight is 328 g/mol. The van der Waals surface area contributed by atoms with Crippen LogP contribution in [0.3, 0.4) is 0 Å². The topological polar surface area (TPSA) is 58.6 Å². The lowest BCUT2D eigenvalue weighted by Crippen LogP contribution is -2.48. The maximum Gasteiger partial charge on any atom is 0.267 e. The number of para-hydroxylation sites is 2. The van der Waals surface area contributed by atoms with Gasteiger partial charge in [0.2, 0.25) is 5.91 Å². The lowest BCUT2D eigenvalue weighted by Gasteiger charge is -2.33. The second-order valence-electron chi connectivity index (χ2n) is 5.65. The first-order chi connectivity index (χ1) is 11.5. The first-order valence-electron chi connectivity index (χ1n) is 7.56. The maximum atomic E-state index is 13.4. The van der Waals surface area contributed by atoms with E-state index in [-0.39, 0.29) is 12.5 Å². The standard InChI is InChI=1S/C18H17FN2O3/c1-11-7-8-13(19)9-14(11)20-18(23)17-10-21(12(2)22)15-5-3-4-6-16(15)24-17/h3-9,17H,10H2,1-2H3,(H,20,23)/t17-/m0/s1. The Morgan fingerprint density at radius 1 is 1.25 bits per heavy atom. The Bertz CT molecular complexity index is 807. The van der Waals surface area contributed by atoms with Crippen molar-refractivity contribution in [1.82, 2.24) is 0 Å². The Balaban J connectivity index is 1.84. The van der Waals surface area contributed by atoms with Gasteiger partial charge < -0.3 is 15.0 Å².